The van der Waals surface area contributed by atoms with Gasteiger partial charge in [0.2, 0.25) is 0 Å². The molecule has 2 nitrogen and oxygen atoms in total. The summed E-state index contributed by atoms with van der Waals surface area (Å²) in [5.74, 6) is 0. The van der Waals surface area contributed by atoms with Crippen molar-refractivity contribution in [3.8, 4) is 0 Å². The Morgan fingerprint density at radius 1 is 1.30 bits per heavy atom. The van der Waals surface area contributed by atoms with Gasteiger partial charge in [0.1, 0.15) is 0 Å². The van der Waals surface area contributed by atoms with E-state index in [0.29, 0.717) is 5.54 Å². The van der Waals surface area contributed by atoms with E-state index in [9.17, 15) is 0 Å². The topological polar surface area (TPSA) is 18.5 Å². The van der Waals surface area contributed by atoms with Crippen LogP contribution in [0.2, 0.25) is 5.54 Å². The lowest BCUT2D eigenvalue weighted by Crippen LogP contribution is -2.42. The van der Waals surface area contributed by atoms with Crippen LogP contribution in [0, 0.1) is 0 Å². The molecule has 4 heteroatoms. The lowest BCUT2D eigenvalue weighted by Gasteiger charge is -2.34. The summed E-state index contributed by atoms with van der Waals surface area (Å²) in [5.41, 5.74) is 0.518. The van der Waals surface area contributed by atoms with Crippen LogP contribution in [0.5, 0.6) is 0 Å². The van der Waals surface area contributed by atoms with Gasteiger partial charge in [0, 0.05) is 19.8 Å². The molecule has 1 aliphatic rings. The van der Waals surface area contributed by atoms with Gasteiger partial charge in [-0.05, 0) is 12.8 Å². The van der Waals surface area contributed by atoms with Crippen molar-refractivity contribution in [1.82, 2.24) is 0 Å². The Balaban J connectivity index is 2.44. The van der Waals surface area contributed by atoms with E-state index in [1.165, 1.54) is 19.3 Å². The lowest BCUT2D eigenvalue weighted by molar-refractivity contribution is 0.232. The molecule has 0 aromatic carbocycles. The third-order valence-corrected chi connectivity index (χ3v) is 6.67. The highest BCUT2D eigenvalue weighted by Gasteiger charge is 2.46. The van der Waals surface area contributed by atoms with E-state index in [1.807, 2.05) is 0 Å². The molecule has 0 radical (unpaired) electrons. The van der Waals surface area contributed by atoms with Crippen molar-refractivity contribution < 1.29 is 8.85 Å². The summed E-state index contributed by atoms with van der Waals surface area (Å²) in [6.07, 6.45) is 3.63. The van der Waals surface area contributed by atoms with Gasteiger partial charge in [-0.25, -0.2) is 0 Å². The second-order valence-corrected chi connectivity index (χ2v) is 7.00. The first-order chi connectivity index (χ1) is 4.73. The van der Waals surface area contributed by atoms with Crippen LogP contribution in [0.25, 0.3) is 0 Å². The maximum absolute atomic E-state index is 6.10. The smallest absolute Gasteiger partial charge is 0.386 e. The van der Waals surface area contributed by atoms with Crippen LogP contribution in [-0.2, 0) is 8.85 Å². The molecule has 0 atom stereocenters. The van der Waals surface area contributed by atoms with Gasteiger partial charge in [0.25, 0.3) is 0 Å². The molecule has 0 spiro atoms. The van der Waals surface area contributed by atoms with E-state index in [0.717, 1.165) is 0 Å². The highest BCUT2D eigenvalue weighted by molar-refractivity contribution is 7.13. The van der Waals surface area contributed by atoms with E-state index < -0.39 is 7.87 Å². The van der Waals surface area contributed by atoms with Crippen molar-refractivity contribution >= 4 is 18.9 Å². The third-order valence-electron chi connectivity index (χ3n) is 2.15. The van der Waals surface area contributed by atoms with Gasteiger partial charge in [-0.3, -0.25) is 0 Å². The summed E-state index contributed by atoms with van der Waals surface area (Å²) in [7, 11) is 1.04. The van der Waals surface area contributed by atoms with Gasteiger partial charge in [-0.1, -0.05) is 17.5 Å². The standard InChI is InChI=1S/C6H13ClO2Si/c1-8-10(7,9-2)6-4-3-5-6/h6H,3-5H2,1-2H3. The van der Waals surface area contributed by atoms with Crippen LogP contribution in [-0.4, -0.2) is 22.1 Å². The second kappa shape index (κ2) is 3.22. The molecule has 0 aliphatic heterocycles. The maximum Gasteiger partial charge on any atom is 0.445 e. The first kappa shape index (κ1) is 8.52. The van der Waals surface area contributed by atoms with E-state index in [1.54, 1.807) is 14.2 Å². The first-order valence-corrected chi connectivity index (χ1v) is 6.42. The van der Waals surface area contributed by atoms with Crippen LogP contribution < -0.4 is 0 Å². The van der Waals surface area contributed by atoms with Crippen molar-refractivity contribution in [2.75, 3.05) is 14.2 Å². The Hall–Kier alpha value is 0.427. The zero-order valence-electron chi connectivity index (χ0n) is 6.39. The molecule has 0 unspecified atom stereocenters. The van der Waals surface area contributed by atoms with Gasteiger partial charge in [-0.15, -0.1) is 0 Å². The first-order valence-electron chi connectivity index (χ1n) is 3.52. The van der Waals surface area contributed by atoms with Crippen molar-refractivity contribution in [2.45, 2.75) is 24.8 Å². The molecule has 0 heterocycles. The molecule has 0 aromatic heterocycles. The second-order valence-electron chi connectivity index (χ2n) is 2.62. The molecule has 10 heavy (non-hydrogen) atoms. The predicted molar refractivity (Wildman–Crippen MR) is 43.2 cm³/mol. The van der Waals surface area contributed by atoms with Gasteiger partial charge in [-0.2, -0.15) is 0 Å². The minimum atomic E-state index is -2.24. The van der Waals surface area contributed by atoms with Crippen LogP contribution >= 0.6 is 11.1 Å². The zero-order chi connectivity index (χ0) is 7.61. The van der Waals surface area contributed by atoms with Crippen molar-refractivity contribution in [1.29, 1.82) is 0 Å². The molecule has 1 fully saturated rings. The molecule has 1 saturated carbocycles. The molecular formula is C6H13ClO2Si. The summed E-state index contributed by atoms with van der Waals surface area (Å²) in [5, 5.41) is 0. The quantitative estimate of drug-likeness (QED) is 0.489. The molecule has 0 N–H and O–H groups in total. The van der Waals surface area contributed by atoms with E-state index in [-0.39, 0.29) is 0 Å². The van der Waals surface area contributed by atoms with Gasteiger partial charge in [0.05, 0.1) is 0 Å². The largest absolute Gasteiger partial charge is 0.445 e. The fraction of sp³-hybridized carbons (Fsp3) is 1.00. The van der Waals surface area contributed by atoms with Crippen LogP contribution in [0.4, 0.5) is 0 Å². The van der Waals surface area contributed by atoms with Crippen LogP contribution in [0.3, 0.4) is 0 Å². The summed E-state index contributed by atoms with van der Waals surface area (Å²) in [4.78, 5) is 0. The molecule has 0 amide bonds. The Morgan fingerprint density at radius 3 is 1.90 bits per heavy atom. The Labute approximate surface area is 67.4 Å². The van der Waals surface area contributed by atoms with E-state index in [4.69, 9.17) is 19.9 Å². The Bertz CT molecular complexity index is 112. The average molecular weight is 181 g/mol. The molecule has 0 saturated heterocycles. The van der Waals surface area contributed by atoms with Crippen molar-refractivity contribution in [2.24, 2.45) is 0 Å². The summed E-state index contributed by atoms with van der Waals surface area (Å²) in [6.45, 7) is 0. The SMILES string of the molecule is CO[Si](Cl)(OC)C1CCC1. The molecule has 1 aliphatic carbocycles. The number of halogens is 1. The van der Waals surface area contributed by atoms with E-state index in [2.05, 4.69) is 0 Å². The summed E-state index contributed by atoms with van der Waals surface area (Å²) in [6, 6.07) is 0. The van der Waals surface area contributed by atoms with E-state index >= 15 is 0 Å². The fourth-order valence-electron chi connectivity index (χ4n) is 1.17. The highest BCUT2D eigenvalue weighted by Crippen LogP contribution is 2.43. The van der Waals surface area contributed by atoms with Crippen LogP contribution in [0.1, 0.15) is 19.3 Å². The Kier molecular flexibility index (Phi) is 2.74. The minimum absolute atomic E-state index is 0.518. The molecule has 0 bridgehead atoms. The monoisotopic (exact) mass is 180 g/mol. The Morgan fingerprint density at radius 2 is 1.80 bits per heavy atom. The highest BCUT2D eigenvalue weighted by atomic mass is 35.6. The summed E-state index contributed by atoms with van der Waals surface area (Å²) < 4.78 is 10.3. The molecular weight excluding hydrogens is 168 g/mol. The fourth-order valence-corrected chi connectivity index (χ4v) is 3.76. The molecule has 1 rings (SSSR count). The summed E-state index contributed by atoms with van der Waals surface area (Å²) >= 11 is 6.10. The third kappa shape index (κ3) is 1.37. The van der Waals surface area contributed by atoms with Crippen LogP contribution in [0.15, 0.2) is 0 Å². The minimum Gasteiger partial charge on any atom is -0.386 e. The number of hydrogen-bond acceptors (Lipinski definition) is 2. The maximum atomic E-state index is 6.10. The van der Waals surface area contributed by atoms with Gasteiger partial charge in [0.15, 0.2) is 0 Å². The molecule has 0 aromatic rings. The normalized spacial score (nSPS) is 20.7. The van der Waals surface area contributed by atoms with Crippen molar-refractivity contribution in [3.05, 3.63) is 0 Å². The lowest BCUT2D eigenvalue weighted by atomic mass is 10.00. The predicted octanol–water partition coefficient (Wildman–Crippen LogP) is 2.01. The zero-order valence-corrected chi connectivity index (χ0v) is 8.15. The van der Waals surface area contributed by atoms with Gasteiger partial charge < -0.3 is 8.85 Å². The number of hydrogen-bond donors (Lipinski definition) is 0. The molecule has 60 valence electrons. The van der Waals surface area contributed by atoms with Crippen molar-refractivity contribution in [3.63, 3.8) is 0 Å². The number of rotatable bonds is 3. The van der Waals surface area contributed by atoms with Gasteiger partial charge >= 0.3 is 7.87 Å². The average Bonchev–Trinajstić information content (AvgIpc) is 1.84.